The molecule has 2 heterocycles. The van der Waals surface area contributed by atoms with Gasteiger partial charge in [0.1, 0.15) is 17.4 Å². The molecule has 2 aliphatic heterocycles. The Hall–Kier alpha value is -3.66. The summed E-state index contributed by atoms with van der Waals surface area (Å²) < 4.78 is 16.9. The molecule has 4 rings (SSSR count). The van der Waals surface area contributed by atoms with Crippen molar-refractivity contribution in [2.45, 2.75) is 19.3 Å². The summed E-state index contributed by atoms with van der Waals surface area (Å²) in [6.07, 6.45) is 0.283. The number of benzene rings is 2. The summed E-state index contributed by atoms with van der Waals surface area (Å²) in [6, 6.07) is 13.7. The van der Waals surface area contributed by atoms with Gasteiger partial charge in [-0.2, -0.15) is 5.26 Å². The summed E-state index contributed by atoms with van der Waals surface area (Å²) >= 11 is 0. The standard InChI is InChI=1S/C22H21N3O4/c1-4-20(26)24-22-16(11-23)21(13-5-8-17-19(9-13)28-12-27-17)15-7-6-14(25(2)3)10-18(15)29-22/h5-10,21H,4,12H2,1-3H3,(H,24,26). The Balaban J connectivity index is 1.87. The fourth-order valence-electron chi connectivity index (χ4n) is 3.44. The van der Waals surface area contributed by atoms with Gasteiger partial charge in [-0.05, 0) is 23.8 Å². The normalized spacial score (nSPS) is 16.6. The first kappa shape index (κ1) is 18.7. The van der Waals surface area contributed by atoms with Crippen molar-refractivity contribution < 1.29 is 19.0 Å². The molecule has 0 saturated heterocycles. The van der Waals surface area contributed by atoms with Crippen LogP contribution in [0.1, 0.15) is 30.4 Å². The summed E-state index contributed by atoms with van der Waals surface area (Å²) in [7, 11) is 3.88. The van der Waals surface area contributed by atoms with Gasteiger partial charge in [-0.1, -0.05) is 19.1 Å². The molecule has 0 aliphatic carbocycles. The van der Waals surface area contributed by atoms with Crippen LogP contribution in [0.2, 0.25) is 0 Å². The second-order valence-electron chi connectivity index (χ2n) is 7.02. The fourth-order valence-corrected chi connectivity index (χ4v) is 3.44. The molecule has 0 bridgehead atoms. The molecule has 148 valence electrons. The van der Waals surface area contributed by atoms with E-state index in [0.717, 1.165) is 16.8 Å². The van der Waals surface area contributed by atoms with Gasteiger partial charge < -0.3 is 19.1 Å². The van der Waals surface area contributed by atoms with Crippen molar-refractivity contribution in [1.29, 1.82) is 5.26 Å². The van der Waals surface area contributed by atoms with E-state index in [4.69, 9.17) is 14.2 Å². The summed E-state index contributed by atoms with van der Waals surface area (Å²) in [5, 5.41) is 12.7. The predicted octanol–water partition coefficient (Wildman–Crippen LogP) is 3.27. The molecule has 1 atom stereocenters. The van der Waals surface area contributed by atoms with E-state index in [-0.39, 0.29) is 25.0 Å². The Morgan fingerprint density at radius 1 is 1.17 bits per heavy atom. The lowest BCUT2D eigenvalue weighted by molar-refractivity contribution is -0.120. The summed E-state index contributed by atoms with van der Waals surface area (Å²) in [4.78, 5) is 14.0. The van der Waals surface area contributed by atoms with Crippen LogP contribution in [0.5, 0.6) is 17.2 Å². The van der Waals surface area contributed by atoms with Crippen LogP contribution >= 0.6 is 0 Å². The van der Waals surface area contributed by atoms with E-state index < -0.39 is 5.92 Å². The maximum absolute atomic E-state index is 12.0. The van der Waals surface area contributed by atoms with Crippen molar-refractivity contribution in [2.24, 2.45) is 0 Å². The maximum atomic E-state index is 12.0. The lowest BCUT2D eigenvalue weighted by Gasteiger charge is -2.29. The van der Waals surface area contributed by atoms with Crippen LogP contribution in [0.15, 0.2) is 47.9 Å². The van der Waals surface area contributed by atoms with Crippen molar-refractivity contribution >= 4 is 11.6 Å². The molecule has 0 saturated carbocycles. The molecule has 29 heavy (non-hydrogen) atoms. The minimum atomic E-state index is -0.401. The Labute approximate surface area is 169 Å². The predicted molar refractivity (Wildman–Crippen MR) is 107 cm³/mol. The zero-order valence-electron chi connectivity index (χ0n) is 16.5. The van der Waals surface area contributed by atoms with Gasteiger partial charge in [-0.25, -0.2) is 0 Å². The fraction of sp³-hybridized carbons (Fsp3) is 0.273. The average molecular weight is 391 g/mol. The third-order valence-corrected chi connectivity index (χ3v) is 4.99. The van der Waals surface area contributed by atoms with Gasteiger partial charge in [0.15, 0.2) is 11.5 Å². The van der Waals surface area contributed by atoms with Gasteiger partial charge in [0.05, 0.1) is 5.92 Å². The quantitative estimate of drug-likeness (QED) is 0.861. The first-order valence-electron chi connectivity index (χ1n) is 9.34. The minimum absolute atomic E-state index is 0.172. The highest BCUT2D eigenvalue weighted by atomic mass is 16.7. The van der Waals surface area contributed by atoms with Crippen molar-refractivity contribution in [3.63, 3.8) is 0 Å². The molecular weight excluding hydrogens is 370 g/mol. The molecule has 1 unspecified atom stereocenters. The van der Waals surface area contributed by atoms with Crippen LogP contribution in [0.4, 0.5) is 5.69 Å². The maximum Gasteiger partial charge on any atom is 0.231 e. The number of carbonyl (C=O) groups is 1. The van der Waals surface area contributed by atoms with Gasteiger partial charge in [0.2, 0.25) is 18.6 Å². The molecular formula is C22H21N3O4. The number of amides is 1. The van der Waals surface area contributed by atoms with Gasteiger partial charge in [-0.3, -0.25) is 10.1 Å². The highest BCUT2D eigenvalue weighted by Crippen LogP contribution is 2.46. The zero-order valence-corrected chi connectivity index (χ0v) is 16.5. The van der Waals surface area contributed by atoms with Crippen LogP contribution in [0, 0.1) is 11.3 Å². The zero-order chi connectivity index (χ0) is 20.5. The third kappa shape index (κ3) is 3.34. The number of nitrogens with zero attached hydrogens (tertiary/aromatic N) is 2. The number of ether oxygens (including phenoxy) is 3. The van der Waals surface area contributed by atoms with Crippen LogP contribution in [-0.2, 0) is 4.79 Å². The number of anilines is 1. The van der Waals surface area contributed by atoms with Crippen molar-refractivity contribution in [1.82, 2.24) is 5.32 Å². The molecule has 0 spiro atoms. The molecule has 1 amide bonds. The Bertz CT molecular complexity index is 1050. The number of hydrogen-bond acceptors (Lipinski definition) is 6. The number of carbonyl (C=O) groups excluding carboxylic acids is 1. The Kier molecular flexibility index (Phi) is 4.77. The number of nitriles is 1. The smallest absolute Gasteiger partial charge is 0.231 e. The minimum Gasteiger partial charge on any atom is -0.454 e. The highest BCUT2D eigenvalue weighted by Gasteiger charge is 2.33. The second-order valence-corrected chi connectivity index (χ2v) is 7.02. The van der Waals surface area contributed by atoms with Crippen LogP contribution < -0.4 is 24.4 Å². The SMILES string of the molecule is CCC(=O)NC1=C(C#N)C(c2ccc3c(c2)OCO3)c2ccc(N(C)C)cc2O1. The van der Waals surface area contributed by atoms with Crippen LogP contribution in [0.25, 0.3) is 0 Å². The Morgan fingerprint density at radius 3 is 2.69 bits per heavy atom. The number of rotatable bonds is 4. The van der Waals surface area contributed by atoms with Crippen molar-refractivity contribution in [3.05, 3.63) is 59.0 Å². The number of allylic oxidation sites excluding steroid dienone is 1. The van der Waals surface area contributed by atoms with Crippen LogP contribution in [-0.4, -0.2) is 26.8 Å². The molecule has 7 nitrogen and oxygen atoms in total. The first-order chi connectivity index (χ1) is 14.0. The molecule has 1 N–H and O–H groups in total. The van der Waals surface area contributed by atoms with E-state index in [9.17, 15) is 10.1 Å². The summed E-state index contributed by atoms with van der Waals surface area (Å²) in [5.74, 6) is 1.46. The van der Waals surface area contributed by atoms with E-state index >= 15 is 0 Å². The molecule has 0 radical (unpaired) electrons. The number of hydrogen-bond donors (Lipinski definition) is 1. The van der Waals surface area contributed by atoms with E-state index in [0.29, 0.717) is 22.8 Å². The van der Waals surface area contributed by atoms with Gasteiger partial charge in [0.25, 0.3) is 0 Å². The largest absolute Gasteiger partial charge is 0.454 e. The number of nitrogens with one attached hydrogen (secondary N) is 1. The van der Waals surface area contributed by atoms with E-state index in [1.807, 2.05) is 55.4 Å². The van der Waals surface area contributed by atoms with Crippen LogP contribution in [0.3, 0.4) is 0 Å². The topological polar surface area (TPSA) is 83.8 Å². The lowest BCUT2D eigenvalue weighted by Crippen LogP contribution is -2.30. The molecule has 2 aliphatic rings. The second kappa shape index (κ2) is 7.40. The van der Waals surface area contributed by atoms with Crippen molar-refractivity contribution in [3.8, 4) is 23.3 Å². The van der Waals surface area contributed by atoms with E-state index in [2.05, 4.69) is 11.4 Å². The highest BCUT2D eigenvalue weighted by molar-refractivity contribution is 5.78. The van der Waals surface area contributed by atoms with E-state index in [1.165, 1.54) is 0 Å². The average Bonchev–Trinajstić information content (AvgIpc) is 3.19. The molecule has 7 heteroatoms. The monoisotopic (exact) mass is 391 g/mol. The number of fused-ring (bicyclic) bond motifs is 2. The molecule has 2 aromatic carbocycles. The van der Waals surface area contributed by atoms with E-state index in [1.54, 1.807) is 6.92 Å². The summed E-state index contributed by atoms with van der Waals surface area (Å²) in [6.45, 7) is 1.92. The molecule has 2 aromatic rings. The van der Waals surface area contributed by atoms with Gasteiger partial charge in [-0.15, -0.1) is 0 Å². The summed E-state index contributed by atoms with van der Waals surface area (Å²) in [5.41, 5.74) is 3.00. The van der Waals surface area contributed by atoms with Gasteiger partial charge in [0, 0.05) is 37.8 Å². The first-order valence-corrected chi connectivity index (χ1v) is 9.34. The Morgan fingerprint density at radius 2 is 1.97 bits per heavy atom. The molecule has 0 aromatic heterocycles. The van der Waals surface area contributed by atoms with Crippen molar-refractivity contribution in [2.75, 3.05) is 25.8 Å². The van der Waals surface area contributed by atoms with Gasteiger partial charge >= 0.3 is 0 Å². The molecule has 0 fully saturated rings. The lowest BCUT2D eigenvalue weighted by atomic mass is 9.83. The third-order valence-electron chi connectivity index (χ3n) is 4.99.